The third kappa shape index (κ3) is 4.55. The van der Waals surface area contributed by atoms with Crippen LogP contribution in [0.4, 0.5) is 4.79 Å². The predicted octanol–water partition coefficient (Wildman–Crippen LogP) is 3.13. The van der Waals surface area contributed by atoms with E-state index in [9.17, 15) is 9.59 Å². The third-order valence-corrected chi connectivity index (χ3v) is 4.34. The average molecular weight is 343 g/mol. The number of ether oxygens (including phenoxy) is 1. The van der Waals surface area contributed by atoms with Gasteiger partial charge in [0, 0.05) is 23.0 Å². The smallest absolute Gasteiger partial charge is 0.411 e. The summed E-state index contributed by atoms with van der Waals surface area (Å²) in [5.74, 6) is -0.197. The van der Waals surface area contributed by atoms with Gasteiger partial charge in [-0.05, 0) is 45.0 Å². The molecule has 0 aliphatic carbocycles. The van der Waals surface area contributed by atoms with Gasteiger partial charge in [-0.25, -0.2) is 4.79 Å². The van der Waals surface area contributed by atoms with Crippen LogP contribution in [0, 0.1) is 0 Å². The molecule has 2 rings (SSSR count). The van der Waals surface area contributed by atoms with E-state index >= 15 is 0 Å². The zero-order chi connectivity index (χ0) is 16.3. The standard InChI is InChI=1S/C15H19ClN2O3S/c1-15(2,3)21-14(20)18-9-8-17-12(19)13(18)22-11-6-4-10(16)5-7-11/h4-7,13H,8-9H2,1-3H3,(H,17,19). The van der Waals surface area contributed by atoms with Crippen molar-refractivity contribution in [3.05, 3.63) is 29.3 Å². The Morgan fingerprint density at radius 2 is 2.00 bits per heavy atom. The van der Waals surface area contributed by atoms with Crippen molar-refractivity contribution >= 4 is 35.4 Å². The van der Waals surface area contributed by atoms with Gasteiger partial charge in [0.05, 0.1) is 0 Å². The van der Waals surface area contributed by atoms with Crippen LogP contribution in [-0.2, 0) is 9.53 Å². The average Bonchev–Trinajstić information content (AvgIpc) is 2.41. The number of nitrogens with zero attached hydrogens (tertiary/aromatic N) is 1. The van der Waals surface area contributed by atoms with Gasteiger partial charge in [-0.3, -0.25) is 9.69 Å². The maximum atomic E-state index is 12.3. The summed E-state index contributed by atoms with van der Waals surface area (Å²) in [6, 6.07) is 7.15. The monoisotopic (exact) mass is 342 g/mol. The summed E-state index contributed by atoms with van der Waals surface area (Å²) in [6.07, 6.45) is -0.478. The van der Waals surface area contributed by atoms with Gasteiger partial charge in [0.25, 0.3) is 5.91 Å². The fraction of sp³-hybridized carbons (Fsp3) is 0.467. The number of benzene rings is 1. The first-order chi connectivity index (χ1) is 10.3. The van der Waals surface area contributed by atoms with Crippen LogP contribution >= 0.6 is 23.4 Å². The second-order valence-corrected chi connectivity index (χ2v) is 7.48. The summed E-state index contributed by atoms with van der Waals surface area (Å²) >= 11 is 7.16. The van der Waals surface area contributed by atoms with Crippen LogP contribution in [0.15, 0.2) is 29.2 Å². The van der Waals surface area contributed by atoms with Crippen LogP contribution in [-0.4, -0.2) is 41.0 Å². The summed E-state index contributed by atoms with van der Waals surface area (Å²) in [4.78, 5) is 26.8. The molecule has 0 radical (unpaired) electrons. The molecule has 0 bridgehead atoms. The highest BCUT2D eigenvalue weighted by molar-refractivity contribution is 8.00. The van der Waals surface area contributed by atoms with Crippen molar-refractivity contribution in [3.8, 4) is 0 Å². The van der Waals surface area contributed by atoms with Crippen LogP contribution in [0.25, 0.3) is 0 Å². The molecule has 1 aliphatic rings. The molecular weight excluding hydrogens is 324 g/mol. The van der Waals surface area contributed by atoms with Gasteiger partial charge in [-0.2, -0.15) is 0 Å². The van der Waals surface area contributed by atoms with Crippen molar-refractivity contribution in [2.75, 3.05) is 13.1 Å². The Balaban J connectivity index is 2.14. The molecule has 1 aliphatic heterocycles. The van der Waals surface area contributed by atoms with E-state index in [-0.39, 0.29) is 5.91 Å². The number of halogens is 1. The zero-order valence-corrected chi connectivity index (χ0v) is 14.3. The molecule has 1 fully saturated rings. The van der Waals surface area contributed by atoms with E-state index in [1.165, 1.54) is 16.7 Å². The number of carbonyl (C=O) groups excluding carboxylic acids is 2. The van der Waals surface area contributed by atoms with E-state index in [4.69, 9.17) is 16.3 Å². The quantitative estimate of drug-likeness (QED) is 0.897. The molecule has 0 aromatic heterocycles. The lowest BCUT2D eigenvalue weighted by atomic mass is 10.2. The van der Waals surface area contributed by atoms with Crippen molar-refractivity contribution in [2.45, 2.75) is 36.6 Å². The first kappa shape index (κ1) is 17.0. The summed E-state index contributed by atoms with van der Waals surface area (Å²) in [5.41, 5.74) is -0.597. The number of rotatable bonds is 2. The molecular formula is C15H19ClN2O3S. The minimum absolute atomic E-state index is 0.197. The molecule has 1 unspecified atom stereocenters. The minimum Gasteiger partial charge on any atom is -0.444 e. The number of hydrogen-bond acceptors (Lipinski definition) is 4. The number of thioether (sulfide) groups is 1. The van der Waals surface area contributed by atoms with E-state index in [1.54, 1.807) is 32.9 Å². The number of nitrogens with one attached hydrogen (secondary N) is 1. The van der Waals surface area contributed by atoms with E-state index in [0.29, 0.717) is 18.1 Å². The lowest BCUT2D eigenvalue weighted by Gasteiger charge is -2.35. The Morgan fingerprint density at radius 1 is 1.36 bits per heavy atom. The van der Waals surface area contributed by atoms with Crippen LogP contribution in [0.5, 0.6) is 0 Å². The summed E-state index contributed by atoms with van der Waals surface area (Å²) < 4.78 is 5.39. The molecule has 1 heterocycles. The zero-order valence-electron chi connectivity index (χ0n) is 12.8. The van der Waals surface area contributed by atoms with Crippen LogP contribution in [0.3, 0.4) is 0 Å². The third-order valence-electron chi connectivity index (χ3n) is 2.85. The topological polar surface area (TPSA) is 58.6 Å². The van der Waals surface area contributed by atoms with E-state index in [1.807, 2.05) is 12.1 Å². The second-order valence-electron chi connectivity index (χ2n) is 5.89. The Bertz CT molecular complexity index is 557. The van der Waals surface area contributed by atoms with Crippen molar-refractivity contribution < 1.29 is 14.3 Å². The molecule has 2 amide bonds. The molecule has 0 spiro atoms. The van der Waals surface area contributed by atoms with Gasteiger partial charge < -0.3 is 10.1 Å². The van der Waals surface area contributed by atoms with Gasteiger partial charge >= 0.3 is 6.09 Å². The van der Waals surface area contributed by atoms with E-state index < -0.39 is 17.1 Å². The fourth-order valence-corrected chi connectivity index (χ4v) is 3.10. The van der Waals surface area contributed by atoms with Gasteiger partial charge in [-0.1, -0.05) is 23.4 Å². The molecule has 1 saturated heterocycles. The highest BCUT2D eigenvalue weighted by atomic mass is 35.5. The molecule has 1 aromatic carbocycles. The SMILES string of the molecule is CC(C)(C)OC(=O)N1CCNC(=O)C1Sc1ccc(Cl)cc1. The Hall–Kier alpha value is -1.40. The van der Waals surface area contributed by atoms with Gasteiger partial charge in [0.15, 0.2) is 5.37 Å². The highest BCUT2D eigenvalue weighted by Gasteiger charge is 2.36. The molecule has 22 heavy (non-hydrogen) atoms. The number of piperazine rings is 1. The number of amides is 2. The molecule has 1 N–H and O–H groups in total. The number of carbonyl (C=O) groups is 2. The van der Waals surface area contributed by atoms with Crippen LogP contribution < -0.4 is 5.32 Å². The van der Waals surface area contributed by atoms with E-state index in [0.717, 1.165) is 4.90 Å². The molecule has 120 valence electrons. The van der Waals surface area contributed by atoms with Crippen molar-refractivity contribution in [1.82, 2.24) is 10.2 Å². The minimum atomic E-state index is -0.648. The Labute approximate surface area is 139 Å². The lowest BCUT2D eigenvalue weighted by molar-refractivity contribution is -0.125. The Morgan fingerprint density at radius 3 is 2.59 bits per heavy atom. The van der Waals surface area contributed by atoms with Crippen LogP contribution in [0.1, 0.15) is 20.8 Å². The van der Waals surface area contributed by atoms with Crippen molar-refractivity contribution in [2.24, 2.45) is 0 Å². The maximum absolute atomic E-state index is 12.3. The number of hydrogen-bond donors (Lipinski definition) is 1. The first-order valence-electron chi connectivity index (χ1n) is 6.96. The summed E-state index contributed by atoms with van der Waals surface area (Å²) in [7, 11) is 0. The largest absolute Gasteiger partial charge is 0.444 e. The fourth-order valence-electron chi connectivity index (χ4n) is 1.91. The van der Waals surface area contributed by atoms with E-state index in [2.05, 4.69) is 5.32 Å². The Kier molecular flexibility index (Phi) is 5.24. The van der Waals surface area contributed by atoms with Crippen LogP contribution in [0.2, 0.25) is 5.02 Å². The maximum Gasteiger partial charge on any atom is 0.411 e. The molecule has 0 saturated carbocycles. The lowest BCUT2D eigenvalue weighted by Crippen LogP contribution is -2.56. The van der Waals surface area contributed by atoms with Crippen molar-refractivity contribution in [3.63, 3.8) is 0 Å². The molecule has 1 atom stereocenters. The normalized spacial score (nSPS) is 18.8. The van der Waals surface area contributed by atoms with Gasteiger partial charge in [-0.15, -0.1) is 0 Å². The highest BCUT2D eigenvalue weighted by Crippen LogP contribution is 2.29. The second kappa shape index (κ2) is 6.79. The summed E-state index contributed by atoms with van der Waals surface area (Å²) in [5, 5.41) is 2.75. The molecule has 5 nitrogen and oxygen atoms in total. The summed E-state index contributed by atoms with van der Waals surface area (Å²) in [6.45, 7) is 6.25. The van der Waals surface area contributed by atoms with Gasteiger partial charge in [0.2, 0.25) is 0 Å². The van der Waals surface area contributed by atoms with Gasteiger partial charge in [0.1, 0.15) is 5.60 Å². The predicted molar refractivity (Wildman–Crippen MR) is 87.0 cm³/mol. The van der Waals surface area contributed by atoms with Crippen molar-refractivity contribution in [1.29, 1.82) is 0 Å². The first-order valence-corrected chi connectivity index (χ1v) is 8.21. The molecule has 1 aromatic rings. The molecule has 7 heteroatoms.